The summed E-state index contributed by atoms with van der Waals surface area (Å²) in [5.41, 5.74) is -1.90. The Bertz CT molecular complexity index is 321. The van der Waals surface area contributed by atoms with Gasteiger partial charge in [-0.25, -0.2) is 4.79 Å². The molecule has 6 heteroatoms. The highest BCUT2D eigenvalue weighted by molar-refractivity contribution is 5.70. The van der Waals surface area contributed by atoms with Crippen molar-refractivity contribution < 1.29 is 24.2 Å². The van der Waals surface area contributed by atoms with Gasteiger partial charge in [0, 0.05) is 6.92 Å². The van der Waals surface area contributed by atoms with Gasteiger partial charge in [-0.3, -0.25) is 4.79 Å². The predicted octanol–water partition coefficient (Wildman–Crippen LogP) is 0.991. The van der Waals surface area contributed by atoms with Crippen LogP contribution in [0, 0.1) is 0 Å². The SMILES string of the molecule is C=C[C@@](CO)(COC(C)=O)NC(=O)OC(C)(C)C. The largest absolute Gasteiger partial charge is 0.463 e. The molecule has 18 heavy (non-hydrogen) atoms. The lowest BCUT2D eigenvalue weighted by Crippen LogP contribution is -2.54. The van der Waals surface area contributed by atoms with Gasteiger partial charge >= 0.3 is 12.1 Å². The lowest BCUT2D eigenvalue weighted by atomic mass is 10.0. The van der Waals surface area contributed by atoms with Crippen LogP contribution in [0.4, 0.5) is 4.79 Å². The zero-order valence-corrected chi connectivity index (χ0v) is 11.3. The van der Waals surface area contributed by atoms with Crippen molar-refractivity contribution in [1.82, 2.24) is 5.32 Å². The lowest BCUT2D eigenvalue weighted by molar-refractivity contribution is -0.143. The molecule has 2 N–H and O–H groups in total. The van der Waals surface area contributed by atoms with Crippen molar-refractivity contribution in [2.24, 2.45) is 0 Å². The van der Waals surface area contributed by atoms with Crippen LogP contribution in [-0.2, 0) is 14.3 Å². The van der Waals surface area contributed by atoms with Crippen LogP contribution in [0.15, 0.2) is 12.7 Å². The molecule has 0 aromatic rings. The molecular formula is C12H21NO5. The Morgan fingerprint density at radius 2 is 1.94 bits per heavy atom. The first-order valence-electron chi connectivity index (χ1n) is 5.53. The van der Waals surface area contributed by atoms with E-state index in [0.29, 0.717) is 0 Å². The Balaban J connectivity index is 4.65. The first-order valence-corrected chi connectivity index (χ1v) is 5.53. The highest BCUT2D eigenvalue weighted by Gasteiger charge is 2.31. The fraction of sp³-hybridized carbons (Fsp3) is 0.667. The van der Waals surface area contributed by atoms with Gasteiger partial charge < -0.3 is 19.9 Å². The van der Waals surface area contributed by atoms with E-state index in [4.69, 9.17) is 9.47 Å². The first kappa shape index (κ1) is 16.4. The van der Waals surface area contributed by atoms with Crippen LogP contribution in [-0.4, -0.2) is 41.5 Å². The maximum absolute atomic E-state index is 11.6. The van der Waals surface area contributed by atoms with Gasteiger partial charge in [-0.15, -0.1) is 6.58 Å². The van der Waals surface area contributed by atoms with Crippen molar-refractivity contribution in [1.29, 1.82) is 0 Å². The molecule has 0 bridgehead atoms. The van der Waals surface area contributed by atoms with E-state index >= 15 is 0 Å². The molecule has 0 aromatic carbocycles. The molecule has 1 amide bonds. The average Bonchev–Trinajstić information content (AvgIpc) is 2.21. The van der Waals surface area contributed by atoms with E-state index in [9.17, 15) is 14.7 Å². The highest BCUT2D eigenvalue weighted by Crippen LogP contribution is 2.11. The van der Waals surface area contributed by atoms with Gasteiger partial charge in [-0.05, 0) is 20.8 Å². The Hall–Kier alpha value is -1.56. The summed E-state index contributed by atoms with van der Waals surface area (Å²) in [5, 5.41) is 11.7. The molecule has 0 saturated carbocycles. The van der Waals surface area contributed by atoms with Crippen molar-refractivity contribution in [2.75, 3.05) is 13.2 Å². The van der Waals surface area contributed by atoms with E-state index < -0.39 is 29.8 Å². The Kier molecular flexibility index (Phi) is 5.84. The summed E-state index contributed by atoms with van der Waals surface area (Å²) in [6, 6.07) is 0. The molecule has 0 spiro atoms. The third-order valence-electron chi connectivity index (χ3n) is 1.96. The number of amides is 1. The van der Waals surface area contributed by atoms with Crippen molar-refractivity contribution in [3.8, 4) is 0 Å². The molecular weight excluding hydrogens is 238 g/mol. The lowest BCUT2D eigenvalue weighted by Gasteiger charge is -2.30. The molecule has 1 atom stereocenters. The van der Waals surface area contributed by atoms with E-state index in [-0.39, 0.29) is 6.61 Å². The number of rotatable bonds is 5. The summed E-state index contributed by atoms with van der Waals surface area (Å²) in [7, 11) is 0. The van der Waals surface area contributed by atoms with Gasteiger partial charge in [-0.2, -0.15) is 0 Å². The minimum atomic E-state index is -1.24. The molecule has 0 aliphatic rings. The highest BCUT2D eigenvalue weighted by atomic mass is 16.6. The number of ether oxygens (including phenoxy) is 2. The number of carbonyl (C=O) groups excluding carboxylic acids is 2. The number of aliphatic hydroxyl groups is 1. The third kappa shape index (κ3) is 6.24. The minimum absolute atomic E-state index is 0.207. The minimum Gasteiger partial charge on any atom is -0.463 e. The molecule has 0 fully saturated rings. The van der Waals surface area contributed by atoms with E-state index in [0.717, 1.165) is 0 Å². The van der Waals surface area contributed by atoms with Crippen LogP contribution in [0.1, 0.15) is 27.7 Å². The summed E-state index contributed by atoms with van der Waals surface area (Å²) < 4.78 is 9.83. The van der Waals surface area contributed by atoms with E-state index in [1.54, 1.807) is 20.8 Å². The predicted molar refractivity (Wildman–Crippen MR) is 66.0 cm³/mol. The fourth-order valence-corrected chi connectivity index (χ4v) is 1.03. The second-order valence-electron chi connectivity index (χ2n) is 4.93. The molecule has 0 unspecified atom stereocenters. The number of hydrogen-bond donors (Lipinski definition) is 2. The molecule has 0 aliphatic carbocycles. The molecule has 0 heterocycles. The number of esters is 1. The first-order chi connectivity index (χ1) is 8.14. The Morgan fingerprint density at radius 1 is 1.39 bits per heavy atom. The maximum Gasteiger partial charge on any atom is 0.408 e. The zero-order valence-electron chi connectivity index (χ0n) is 11.3. The summed E-state index contributed by atoms with van der Waals surface area (Å²) in [5.74, 6) is -0.513. The van der Waals surface area contributed by atoms with E-state index in [1.165, 1.54) is 13.0 Å². The van der Waals surface area contributed by atoms with Gasteiger partial charge in [0.05, 0.1) is 6.61 Å². The van der Waals surface area contributed by atoms with Crippen LogP contribution < -0.4 is 5.32 Å². The van der Waals surface area contributed by atoms with E-state index in [2.05, 4.69) is 11.9 Å². The second kappa shape index (κ2) is 6.39. The molecule has 0 aliphatic heterocycles. The zero-order chi connectivity index (χ0) is 14.4. The number of aliphatic hydroxyl groups excluding tert-OH is 1. The van der Waals surface area contributed by atoms with Crippen LogP contribution in [0.3, 0.4) is 0 Å². The Morgan fingerprint density at radius 3 is 2.28 bits per heavy atom. The van der Waals surface area contributed by atoms with Crippen LogP contribution in [0.25, 0.3) is 0 Å². The van der Waals surface area contributed by atoms with Gasteiger partial charge in [-0.1, -0.05) is 6.08 Å². The third-order valence-corrected chi connectivity index (χ3v) is 1.96. The monoisotopic (exact) mass is 259 g/mol. The molecule has 0 saturated heterocycles. The molecule has 104 valence electrons. The van der Waals surface area contributed by atoms with Crippen LogP contribution in [0.5, 0.6) is 0 Å². The summed E-state index contributed by atoms with van der Waals surface area (Å²) in [4.78, 5) is 22.4. The molecule has 0 radical (unpaired) electrons. The Labute approximate surface area is 107 Å². The quantitative estimate of drug-likeness (QED) is 0.568. The second-order valence-corrected chi connectivity index (χ2v) is 4.93. The van der Waals surface area contributed by atoms with Crippen LogP contribution >= 0.6 is 0 Å². The van der Waals surface area contributed by atoms with Gasteiger partial charge in [0.15, 0.2) is 0 Å². The molecule has 0 rings (SSSR count). The van der Waals surface area contributed by atoms with Gasteiger partial charge in [0.25, 0.3) is 0 Å². The number of hydrogen-bond acceptors (Lipinski definition) is 5. The smallest absolute Gasteiger partial charge is 0.408 e. The number of carbonyl (C=O) groups is 2. The standard InChI is InChI=1S/C12H21NO5/c1-6-12(7-14,8-17-9(2)15)13-10(16)18-11(3,4)5/h6,14H,1,7-8H2,2-5H3,(H,13,16)/t12-/m1/s1. The van der Waals surface area contributed by atoms with Crippen LogP contribution in [0.2, 0.25) is 0 Å². The maximum atomic E-state index is 11.6. The van der Waals surface area contributed by atoms with E-state index in [1.807, 2.05) is 0 Å². The van der Waals surface area contributed by atoms with Crippen molar-refractivity contribution >= 4 is 12.1 Å². The fourth-order valence-electron chi connectivity index (χ4n) is 1.03. The molecule has 0 aromatic heterocycles. The van der Waals surface area contributed by atoms with Crippen molar-refractivity contribution in [3.63, 3.8) is 0 Å². The van der Waals surface area contributed by atoms with Gasteiger partial charge in [0.1, 0.15) is 17.7 Å². The van der Waals surface area contributed by atoms with Crippen molar-refractivity contribution in [3.05, 3.63) is 12.7 Å². The average molecular weight is 259 g/mol. The summed E-state index contributed by atoms with van der Waals surface area (Å²) in [6.45, 7) is 9.23. The van der Waals surface area contributed by atoms with Gasteiger partial charge in [0.2, 0.25) is 0 Å². The summed E-state index contributed by atoms with van der Waals surface area (Å²) >= 11 is 0. The summed E-state index contributed by atoms with van der Waals surface area (Å²) in [6.07, 6.45) is 0.587. The normalized spacial score (nSPS) is 14.3. The topological polar surface area (TPSA) is 84.9 Å². The van der Waals surface area contributed by atoms with Crippen molar-refractivity contribution in [2.45, 2.75) is 38.8 Å². The number of alkyl carbamates (subject to hydrolysis) is 1. The number of nitrogens with one attached hydrogen (secondary N) is 1. The molecule has 6 nitrogen and oxygen atoms in total.